The van der Waals surface area contributed by atoms with Crippen molar-refractivity contribution >= 4 is 5.91 Å². The fourth-order valence-corrected chi connectivity index (χ4v) is 2.96. The first kappa shape index (κ1) is 12.8. The van der Waals surface area contributed by atoms with Crippen molar-refractivity contribution in [1.82, 2.24) is 4.90 Å². The van der Waals surface area contributed by atoms with E-state index in [4.69, 9.17) is 10.5 Å². The van der Waals surface area contributed by atoms with Crippen LogP contribution in [0.1, 0.15) is 39.0 Å². The lowest BCUT2D eigenvalue weighted by Crippen LogP contribution is -2.50. The number of rotatable bonds is 3. The zero-order valence-corrected chi connectivity index (χ0v) is 10.7. The van der Waals surface area contributed by atoms with Gasteiger partial charge in [-0.1, -0.05) is 13.3 Å². The van der Waals surface area contributed by atoms with Gasteiger partial charge in [0.05, 0.1) is 19.1 Å². The molecular formula is C13H24N2O2. The van der Waals surface area contributed by atoms with E-state index in [9.17, 15) is 4.79 Å². The van der Waals surface area contributed by atoms with E-state index in [0.29, 0.717) is 19.3 Å². The molecule has 2 N–H and O–H groups in total. The van der Waals surface area contributed by atoms with E-state index >= 15 is 0 Å². The van der Waals surface area contributed by atoms with Crippen molar-refractivity contribution in [2.45, 2.75) is 51.1 Å². The number of piperidine rings is 1. The van der Waals surface area contributed by atoms with Crippen LogP contribution in [0.15, 0.2) is 0 Å². The molecular weight excluding hydrogens is 216 g/mol. The Kier molecular flexibility index (Phi) is 4.40. The Morgan fingerprint density at radius 1 is 1.41 bits per heavy atom. The minimum absolute atomic E-state index is 0.104. The van der Waals surface area contributed by atoms with Gasteiger partial charge in [0.1, 0.15) is 0 Å². The molecule has 4 heteroatoms. The number of carbonyl (C=O) groups excluding carboxylic acids is 1. The fourth-order valence-electron chi connectivity index (χ4n) is 2.96. The maximum Gasteiger partial charge on any atom is 0.229 e. The Labute approximate surface area is 103 Å². The summed E-state index contributed by atoms with van der Waals surface area (Å²) in [5, 5.41) is 0. The van der Waals surface area contributed by atoms with Crippen molar-refractivity contribution in [3.05, 3.63) is 0 Å². The predicted octanol–water partition coefficient (Wildman–Crippen LogP) is 1.14. The summed E-state index contributed by atoms with van der Waals surface area (Å²) in [6.07, 6.45) is 5.80. The lowest BCUT2D eigenvalue weighted by molar-refractivity contribution is -0.139. The standard InChI is InChI=1S/C13H24N2O2/c1-2-5-10-6-3-4-7-15(10)13(16)11-8-17-9-12(11)14/h10-12H,2-9,14H2,1H3. The van der Waals surface area contributed by atoms with Crippen LogP contribution in [0.3, 0.4) is 0 Å². The lowest BCUT2D eigenvalue weighted by atomic mass is 9.94. The highest BCUT2D eigenvalue weighted by atomic mass is 16.5. The van der Waals surface area contributed by atoms with Crippen molar-refractivity contribution < 1.29 is 9.53 Å². The van der Waals surface area contributed by atoms with Gasteiger partial charge in [-0.3, -0.25) is 4.79 Å². The number of hydrogen-bond acceptors (Lipinski definition) is 3. The van der Waals surface area contributed by atoms with E-state index in [0.717, 1.165) is 32.2 Å². The van der Waals surface area contributed by atoms with Crippen molar-refractivity contribution in [3.63, 3.8) is 0 Å². The molecule has 2 heterocycles. The van der Waals surface area contributed by atoms with Crippen molar-refractivity contribution in [2.24, 2.45) is 11.7 Å². The maximum absolute atomic E-state index is 12.5. The first-order valence-corrected chi connectivity index (χ1v) is 6.87. The van der Waals surface area contributed by atoms with Gasteiger partial charge >= 0.3 is 0 Å². The highest BCUT2D eigenvalue weighted by molar-refractivity contribution is 5.80. The average molecular weight is 240 g/mol. The van der Waals surface area contributed by atoms with E-state index in [1.807, 2.05) is 0 Å². The molecule has 0 aromatic rings. The van der Waals surface area contributed by atoms with Crippen LogP contribution in [0.4, 0.5) is 0 Å². The molecule has 0 saturated carbocycles. The molecule has 0 spiro atoms. The molecule has 2 aliphatic rings. The molecule has 3 atom stereocenters. The molecule has 98 valence electrons. The van der Waals surface area contributed by atoms with Crippen molar-refractivity contribution in [1.29, 1.82) is 0 Å². The molecule has 2 aliphatic heterocycles. The summed E-state index contributed by atoms with van der Waals surface area (Å²) in [4.78, 5) is 14.5. The third kappa shape index (κ3) is 2.80. The second kappa shape index (κ2) is 5.83. The molecule has 17 heavy (non-hydrogen) atoms. The van der Waals surface area contributed by atoms with E-state index in [1.165, 1.54) is 6.42 Å². The molecule has 0 aromatic heterocycles. The molecule has 0 radical (unpaired) electrons. The molecule has 0 bridgehead atoms. The van der Waals surface area contributed by atoms with Crippen LogP contribution in [-0.2, 0) is 9.53 Å². The topological polar surface area (TPSA) is 55.6 Å². The van der Waals surface area contributed by atoms with Gasteiger partial charge < -0.3 is 15.4 Å². The molecule has 2 saturated heterocycles. The summed E-state index contributed by atoms with van der Waals surface area (Å²) in [6.45, 7) is 4.13. The minimum Gasteiger partial charge on any atom is -0.379 e. The first-order chi connectivity index (χ1) is 8.24. The third-order valence-corrected chi connectivity index (χ3v) is 3.97. The molecule has 2 rings (SSSR count). The highest BCUT2D eigenvalue weighted by Gasteiger charge is 2.37. The number of amides is 1. The van der Waals surface area contributed by atoms with Crippen LogP contribution in [-0.4, -0.2) is 42.6 Å². The maximum atomic E-state index is 12.5. The van der Waals surface area contributed by atoms with Gasteiger partial charge in [0.15, 0.2) is 0 Å². The Hall–Kier alpha value is -0.610. The van der Waals surface area contributed by atoms with Crippen LogP contribution in [0.25, 0.3) is 0 Å². The van der Waals surface area contributed by atoms with Crippen LogP contribution < -0.4 is 5.73 Å². The van der Waals surface area contributed by atoms with Gasteiger partial charge in [-0.15, -0.1) is 0 Å². The second-order valence-corrected chi connectivity index (χ2v) is 5.28. The number of nitrogens with zero attached hydrogens (tertiary/aromatic N) is 1. The number of hydrogen-bond donors (Lipinski definition) is 1. The van der Waals surface area contributed by atoms with E-state index in [-0.39, 0.29) is 17.9 Å². The molecule has 1 amide bonds. The third-order valence-electron chi connectivity index (χ3n) is 3.97. The van der Waals surface area contributed by atoms with Crippen LogP contribution in [0.2, 0.25) is 0 Å². The van der Waals surface area contributed by atoms with Crippen LogP contribution in [0.5, 0.6) is 0 Å². The zero-order valence-electron chi connectivity index (χ0n) is 10.7. The predicted molar refractivity (Wildman–Crippen MR) is 66.5 cm³/mol. The van der Waals surface area contributed by atoms with E-state index < -0.39 is 0 Å². The normalized spacial score (nSPS) is 34.0. The van der Waals surface area contributed by atoms with Crippen LogP contribution >= 0.6 is 0 Å². The summed E-state index contributed by atoms with van der Waals surface area (Å²) in [7, 11) is 0. The second-order valence-electron chi connectivity index (χ2n) is 5.28. The van der Waals surface area contributed by atoms with Gasteiger partial charge in [-0.25, -0.2) is 0 Å². The SMILES string of the molecule is CCCC1CCCCN1C(=O)C1COCC1N. The Bertz CT molecular complexity index is 268. The number of ether oxygens (including phenoxy) is 1. The smallest absolute Gasteiger partial charge is 0.229 e. The molecule has 2 fully saturated rings. The summed E-state index contributed by atoms with van der Waals surface area (Å²) < 4.78 is 5.30. The van der Waals surface area contributed by atoms with Gasteiger partial charge in [0, 0.05) is 18.6 Å². The number of likely N-dealkylation sites (tertiary alicyclic amines) is 1. The Morgan fingerprint density at radius 3 is 2.88 bits per heavy atom. The summed E-state index contributed by atoms with van der Waals surface area (Å²) in [5.41, 5.74) is 5.93. The van der Waals surface area contributed by atoms with Gasteiger partial charge in [0.2, 0.25) is 5.91 Å². The van der Waals surface area contributed by atoms with Crippen molar-refractivity contribution in [2.75, 3.05) is 19.8 Å². The minimum atomic E-state index is -0.105. The van der Waals surface area contributed by atoms with Gasteiger partial charge in [-0.2, -0.15) is 0 Å². The first-order valence-electron chi connectivity index (χ1n) is 6.87. The number of carbonyl (C=O) groups is 1. The van der Waals surface area contributed by atoms with Crippen molar-refractivity contribution in [3.8, 4) is 0 Å². The quantitative estimate of drug-likeness (QED) is 0.805. The Balaban J connectivity index is 2.00. The highest BCUT2D eigenvalue weighted by Crippen LogP contribution is 2.25. The largest absolute Gasteiger partial charge is 0.379 e. The van der Waals surface area contributed by atoms with Gasteiger partial charge in [-0.05, 0) is 25.7 Å². The van der Waals surface area contributed by atoms with E-state index in [1.54, 1.807) is 0 Å². The fraction of sp³-hybridized carbons (Fsp3) is 0.923. The Morgan fingerprint density at radius 2 is 2.24 bits per heavy atom. The van der Waals surface area contributed by atoms with E-state index in [2.05, 4.69) is 11.8 Å². The molecule has 3 unspecified atom stereocenters. The zero-order chi connectivity index (χ0) is 12.3. The average Bonchev–Trinajstić information content (AvgIpc) is 2.76. The molecule has 0 aliphatic carbocycles. The molecule has 4 nitrogen and oxygen atoms in total. The lowest BCUT2D eigenvalue weighted by Gasteiger charge is -2.37. The monoisotopic (exact) mass is 240 g/mol. The summed E-state index contributed by atoms with van der Waals surface area (Å²) in [6, 6.07) is 0.334. The molecule has 0 aromatic carbocycles. The van der Waals surface area contributed by atoms with Gasteiger partial charge in [0.25, 0.3) is 0 Å². The summed E-state index contributed by atoms with van der Waals surface area (Å²) >= 11 is 0. The number of nitrogens with two attached hydrogens (primary N) is 1. The van der Waals surface area contributed by atoms with Crippen LogP contribution in [0, 0.1) is 5.92 Å². The summed E-state index contributed by atoms with van der Waals surface area (Å²) in [5.74, 6) is 0.126.